The van der Waals surface area contributed by atoms with Crippen LogP contribution in [0.3, 0.4) is 0 Å². The molecule has 0 atom stereocenters. The summed E-state index contributed by atoms with van der Waals surface area (Å²) in [4.78, 5) is 24.9. The van der Waals surface area contributed by atoms with Gasteiger partial charge in [-0.15, -0.1) is 5.10 Å². The Morgan fingerprint density at radius 3 is 2.83 bits per heavy atom. The largest absolute Gasteiger partial charge is 0.456 e. The van der Waals surface area contributed by atoms with E-state index in [0.717, 1.165) is 17.1 Å². The van der Waals surface area contributed by atoms with Gasteiger partial charge in [0.1, 0.15) is 12.3 Å². The zero-order valence-corrected chi connectivity index (χ0v) is 13.7. The maximum absolute atomic E-state index is 12.2. The summed E-state index contributed by atoms with van der Waals surface area (Å²) in [5, 5.41) is 4.64. The van der Waals surface area contributed by atoms with E-state index in [-0.39, 0.29) is 6.61 Å². The van der Waals surface area contributed by atoms with Crippen LogP contribution in [0.25, 0.3) is 11.3 Å². The zero-order valence-electron chi connectivity index (χ0n) is 12.0. The molecule has 3 aromatic heterocycles. The van der Waals surface area contributed by atoms with E-state index in [1.807, 2.05) is 12.3 Å². The number of carbonyl (C=O) groups excluding carboxylic acids is 1. The van der Waals surface area contributed by atoms with Gasteiger partial charge in [-0.25, -0.2) is 14.8 Å². The fourth-order valence-corrected chi connectivity index (χ4v) is 2.65. The van der Waals surface area contributed by atoms with Crippen molar-refractivity contribution in [2.45, 2.75) is 11.8 Å². The number of carbonyl (C=O) groups is 1. The van der Waals surface area contributed by atoms with Crippen molar-refractivity contribution in [3.05, 3.63) is 47.4 Å². The molecule has 0 bridgehead atoms. The number of pyridine rings is 1. The molecule has 0 radical (unpaired) electrons. The highest BCUT2D eigenvalue weighted by Gasteiger charge is 2.20. The van der Waals surface area contributed by atoms with E-state index in [4.69, 9.17) is 4.74 Å². The van der Waals surface area contributed by atoms with E-state index in [9.17, 15) is 4.79 Å². The molecule has 0 aliphatic rings. The first kappa shape index (κ1) is 15.5. The lowest BCUT2D eigenvalue weighted by Gasteiger charge is -2.04. The van der Waals surface area contributed by atoms with Gasteiger partial charge in [0.05, 0.1) is 0 Å². The van der Waals surface area contributed by atoms with Gasteiger partial charge in [-0.1, -0.05) is 22.3 Å². The Bertz CT molecular complexity index is 792. The molecule has 0 aliphatic carbocycles. The van der Waals surface area contributed by atoms with Crippen LogP contribution >= 0.6 is 23.3 Å². The van der Waals surface area contributed by atoms with Crippen LogP contribution in [0.1, 0.15) is 15.2 Å². The van der Waals surface area contributed by atoms with Crippen molar-refractivity contribution in [2.75, 3.05) is 6.26 Å². The molecule has 3 aromatic rings. The standard InChI is InChI=1S/C14H11N5O2S2/c1-22-14-16-6-10(7-17-14)11-12(23-19-18-11)13(20)21-8-9-3-2-4-15-5-9/h2-7H,8H2,1H3. The Hall–Kier alpha value is -2.39. The van der Waals surface area contributed by atoms with Gasteiger partial charge in [0, 0.05) is 35.9 Å². The number of esters is 1. The number of ether oxygens (including phenoxy) is 1. The predicted octanol–water partition coefficient (Wildman–Crippen LogP) is 2.47. The van der Waals surface area contributed by atoms with Crippen molar-refractivity contribution in [1.82, 2.24) is 24.5 Å². The molecule has 0 saturated carbocycles. The summed E-state index contributed by atoms with van der Waals surface area (Å²) in [6.07, 6.45) is 8.43. The molecular weight excluding hydrogens is 334 g/mol. The molecule has 9 heteroatoms. The maximum Gasteiger partial charge on any atom is 0.352 e. The monoisotopic (exact) mass is 345 g/mol. The first-order valence-corrected chi connectivity index (χ1v) is 8.52. The molecule has 0 aliphatic heterocycles. The molecular formula is C14H11N5O2S2. The van der Waals surface area contributed by atoms with E-state index in [1.54, 1.807) is 30.9 Å². The summed E-state index contributed by atoms with van der Waals surface area (Å²) < 4.78 is 9.12. The fourth-order valence-electron chi connectivity index (χ4n) is 1.76. The summed E-state index contributed by atoms with van der Waals surface area (Å²) in [5.74, 6) is -0.479. The van der Waals surface area contributed by atoms with Crippen molar-refractivity contribution < 1.29 is 9.53 Å². The van der Waals surface area contributed by atoms with Gasteiger partial charge in [0.25, 0.3) is 0 Å². The second kappa shape index (κ2) is 7.25. The van der Waals surface area contributed by atoms with Crippen molar-refractivity contribution in [1.29, 1.82) is 0 Å². The lowest BCUT2D eigenvalue weighted by atomic mass is 10.2. The molecule has 0 fully saturated rings. The summed E-state index contributed by atoms with van der Waals surface area (Å²) in [6, 6.07) is 3.62. The zero-order chi connectivity index (χ0) is 16.1. The van der Waals surface area contributed by atoms with Crippen LogP contribution in [-0.4, -0.2) is 36.8 Å². The predicted molar refractivity (Wildman–Crippen MR) is 86.1 cm³/mol. The Balaban J connectivity index is 1.75. The molecule has 0 unspecified atom stereocenters. The van der Waals surface area contributed by atoms with E-state index in [2.05, 4.69) is 24.5 Å². The van der Waals surface area contributed by atoms with Gasteiger partial charge in [-0.05, 0) is 23.9 Å². The minimum absolute atomic E-state index is 0.145. The fraction of sp³-hybridized carbons (Fsp3) is 0.143. The van der Waals surface area contributed by atoms with Crippen LogP contribution in [0.2, 0.25) is 0 Å². The van der Waals surface area contributed by atoms with Crippen molar-refractivity contribution in [2.24, 2.45) is 0 Å². The van der Waals surface area contributed by atoms with Crippen LogP contribution in [-0.2, 0) is 11.3 Å². The van der Waals surface area contributed by atoms with E-state index in [1.165, 1.54) is 11.8 Å². The van der Waals surface area contributed by atoms with Gasteiger partial charge >= 0.3 is 5.97 Å². The summed E-state index contributed by atoms with van der Waals surface area (Å²) in [5.41, 5.74) is 1.87. The average molecular weight is 345 g/mol. The highest BCUT2D eigenvalue weighted by molar-refractivity contribution is 7.98. The third-order valence-electron chi connectivity index (χ3n) is 2.85. The average Bonchev–Trinajstić information content (AvgIpc) is 3.10. The number of nitrogens with zero attached hydrogens (tertiary/aromatic N) is 5. The van der Waals surface area contributed by atoms with E-state index in [0.29, 0.717) is 21.3 Å². The third-order valence-corrected chi connectivity index (χ3v) is 4.13. The normalized spacial score (nSPS) is 10.5. The van der Waals surface area contributed by atoms with Crippen molar-refractivity contribution in [3.8, 4) is 11.3 Å². The van der Waals surface area contributed by atoms with E-state index < -0.39 is 5.97 Å². The van der Waals surface area contributed by atoms with Crippen LogP contribution in [0.4, 0.5) is 0 Å². The third kappa shape index (κ3) is 3.69. The van der Waals surface area contributed by atoms with Crippen molar-refractivity contribution in [3.63, 3.8) is 0 Å². The number of thioether (sulfide) groups is 1. The highest BCUT2D eigenvalue weighted by Crippen LogP contribution is 2.24. The SMILES string of the molecule is CSc1ncc(-c2nnsc2C(=O)OCc2cccnc2)cn1. The summed E-state index contributed by atoms with van der Waals surface area (Å²) in [6.45, 7) is 0.145. The van der Waals surface area contributed by atoms with E-state index >= 15 is 0 Å². The molecule has 3 rings (SSSR count). The molecule has 0 saturated heterocycles. The lowest BCUT2D eigenvalue weighted by Crippen LogP contribution is -2.05. The second-order valence-electron chi connectivity index (χ2n) is 4.35. The number of hydrogen-bond donors (Lipinski definition) is 0. The topological polar surface area (TPSA) is 90.8 Å². The van der Waals surface area contributed by atoms with Crippen LogP contribution in [0.5, 0.6) is 0 Å². The van der Waals surface area contributed by atoms with Crippen LogP contribution in [0.15, 0.2) is 42.1 Å². The minimum atomic E-state index is -0.479. The molecule has 23 heavy (non-hydrogen) atoms. The maximum atomic E-state index is 12.2. The summed E-state index contributed by atoms with van der Waals surface area (Å²) >= 11 is 2.42. The molecule has 0 spiro atoms. The Morgan fingerprint density at radius 1 is 1.30 bits per heavy atom. The smallest absolute Gasteiger partial charge is 0.352 e. The molecule has 0 N–H and O–H groups in total. The van der Waals surface area contributed by atoms with Crippen LogP contribution < -0.4 is 0 Å². The van der Waals surface area contributed by atoms with Gasteiger partial charge < -0.3 is 4.74 Å². The van der Waals surface area contributed by atoms with Gasteiger partial charge in [0.2, 0.25) is 0 Å². The Kier molecular flexibility index (Phi) is 4.89. The Morgan fingerprint density at radius 2 is 2.13 bits per heavy atom. The minimum Gasteiger partial charge on any atom is -0.456 e. The molecule has 0 amide bonds. The number of hydrogen-bond acceptors (Lipinski definition) is 9. The lowest BCUT2D eigenvalue weighted by molar-refractivity contribution is 0.0479. The molecule has 3 heterocycles. The number of aromatic nitrogens is 5. The molecule has 7 nitrogen and oxygen atoms in total. The highest BCUT2D eigenvalue weighted by atomic mass is 32.2. The number of rotatable bonds is 5. The Labute approximate surface area is 140 Å². The van der Waals surface area contributed by atoms with Crippen LogP contribution in [0, 0.1) is 0 Å². The van der Waals surface area contributed by atoms with Gasteiger partial charge in [-0.2, -0.15) is 0 Å². The molecule has 0 aromatic carbocycles. The quantitative estimate of drug-likeness (QED) is 0.396. The first-order chi connectivity index (χ1) is 11.3. The van der Waals surface area contributed by atoms with Crippen molar-refractivity contribution >= 4 is 29.3 Å². The van der Waals surface area contributed by atoms with Gasteiger partial charge in [-0.3, -0.25) is 4.98 Å². The summed E-state index contributed by atoms with van der Waals surface area (Å²) in [7, 11) is 0. The van der Waals surface area contributed by atoms with Gasteiger partial charge in [0.15, 0.2) is 10.0 Å². The second-order valence-corrected chi connectivity index (χ2v) is 5.87. The molecule has 116 valence electrons. The first-order valence-electron chi connectivity index (χ1n) is 6.52.